The summed E-state index contributed by atoms with van der Waals surface area (Å²) in [7, 11) is 0. The smallest absolute Gasteiger partial charge is 0.143 e. The Morgan fingerprint density at radius 3 is 1.34 bits per heavy atom. The van der Waals surface area contributed by atoms with Crippen LogP contribution < -0.4 is 0 Å². The molecular formula is C41H32N4O2. The number of phenols is 2. The maximum Gasteiger partial charge on any atom is 0.143 e. The molecule has 7 aromatic carbocycles. The molecule has 228 valence electrons. The van der Waals surface area contributed by atoms with Gasteiger partial charge in [-0.3, -0.25) is 0 Å². The molecule has 0 fully saturated rings. The summed E-state index contributed by atoms with van der Waals surface area (Å²) in [6.07, 6.45) is 0. The molecule has 0 aliphatic rings. The maximum absolute atomic E-state index is 10.5. The van der Waals surface area contributed by atoms with Gasteiger partial charge in [0.05, 0.1) is 11.4 Å². The zero-order valence-electron chi connectivity index (χ0n) is 26.0. The van der Waals surface area contributed by atoms with Crippen molar-refractivity contribution in [2.24, 2.45) is 20.5 Å². The summed E-state index contributed by atoms with van der Waals surface area (Å²) >= 11 is 0. The van der Waals surface area contributed by atoms with Crippen molar-refractivity contribution in [1.82, 2.24) is 0 Å². The van der Waals surface area contributed by atoms with E-state index in [9.17, 15) is 10.2 Å². The van der Waals surface area contributed by atoms with Crippen LogP contribution in [0.15, 0.2) is 160 Å². The van der Waals surface area contributed by atoms with Crippen molar-refractivity contribution < 1.29 is 10.2 Å². The van der Waals surface area contributed by atoms with E-state index < -0.39 is 0 Å². The van der Waals surface area contributed by atoms with Crippen LogP contribution in [0.1, 0.15) is 33.7 Å². The summed E-state index contributed by atoms with van der Waals surface area (Å²) in [5, 5.41) is 42.8. The highest BCUT2D eigenvalue weighted by atomic mass is 16.3. The fraction of sp³-hybridized carbons (Fsp3) is 0.0732. The summed E-state index contributed by atoms with van der Waals surface area (Å²) in [4.78, 5) is 0. The van der Waals surface area contributed by atoms with Gasteiger partial charge >= 0.3 is 0 Å². The van der Waals surface area contributed by atoms with Gasteiger partial charge in [0.2, 0.25) is 0 Å². The van der Waals surface area contributed by atoms with Gasteiger partial charge in [0.15, 0.2) is 0 Å². The Labute approximate surface area is 273 Å². The first-order valence-corrected chi connectivity index (χ1v) is 15.5. The van der Waals surface area contributed by atoms with Crippen LogP contribution in [0.5, 0.6) is 11.5 Å². The SMILES string of the molecule is Cc1cc(C(c2ccccc2)c2ccc(N=Nc3c(O)ccc4ccccc34)c(C)c2)ccc1N=Nc1c(O)ccc2ccccc12. The van der Waals surface area contributed by atoms with E-state index in [-0.39, 0.29) is 17.4 Å². The molecule has 6 heteroatoms. The van der Waals surface area contributed by atoms with Crippen LogP contribution >= 0.6 is 0 Å². The van der Waals surface area contributed by atoms with Gasteiger partial charge in [-0.15, -0.1) is 10.2 Å². The van der Waals surface area contributed by atoms with Crippen molar-refractivity contribution in [2.45, 2.75) is 19.8 Å². The van der Waals surface area contributed by atoms with Crippen molar-refractivity contribution >= 4 is 44.3 Å². The average molecular weight is 613 g/mol. The minimum Gasteiger partial charge on any atom is -0.506 e. The van der Waals surface area contributed by atoms with E-state index in [0.29, 0.717) is 11.4 Å². The molecule has 6 nitrogen and oxygen atoms in total. The molecular weight excluding hydrogens is 580 g/mol. The fourth-order valence-corrected chi connectivity index (χ4v) is 6.07. The molecule has 0 aromatic heterocycles. The molecule has 7 aromatic rings. The summed E-state index contributed by atoms with van der Waals surface area (Å²) in [6.45, 7) is 4.06. The Morgan fingerprint density at radius 1 is 0.426 bits per heavy atom. The topological polar surface area (TPSA) is 89.9 Å². The van der Waals surface area contributed by atoms with E-state index in [0.717, 1.165) is 60.7 Å². The summed E-state index contributed by atoms with van der Waals surface area (Å²) in [5.74, 6) is 0.158. The minimum atomic E-state index is -0.0326. The Kier molecular flexibility index (Phi) is 7.99. The first kappa shape index (κ1) is 29.6. The average Bonchev–Trinajstić information content (AvgIpc) is 3.09. The van der Waals surface area contributed by atoms with Gasteiger partial charge in [0.1, 0.15) is 22.9 Å². The lowest BCUT2D eigenvalue weighted by molar-refractivity contribution is 0.476. The molecule has 0 spiro atoms. The molecule has 0 amide bonds. The number of aromatic hydroxyl groups is 2. The molecule has 0 saturated carbocycles. The Hall–Kier alpha value is -6.14. The lowest BCUT2D eigenvalue weighted by Gasteiger charge is -2.20. The monoisotopic (exact) mass is 612 g/mol. The summed E-state index contributed by atoms with van der Waals surface area (Å²) < 4.78 is 0. The Balaban J connectivity index is 1.22. The fourth-order valence-electron chi connectivity index (χ4n) is 6.07. The third-order valence-corrected chi connectivity index (χ3v) is 8.52. The van der Waals surface area contributed by atoms with Crippen molar-refractivity contribution in [3.63, 3.8) is 0 Å². The van der Waals surface area contributed by atoms with E-state index in [1.54, 1.807) is 12.1 Å². The highest BCUT2D eigenvalue weighted by molar-refractivity contribution is 5.96. The molecule has 0 atom stereocenters. The third kappa shape index (κ3) is 5.97. The van der Waals surface area contributed by atoms with Gasteiger partial charge in [-0.1, -0.05) is 115 Å². The normalized spacial score (nSPS) is 12.4. The predicted octanol–water partition coefficient (Wildman–Crippen LogP) is 12.0. The Morgan fingerprint density at radius 2 is 0.872 bits per heavy atom. The highest BCUT2D eigenvalue weighted by Crippen LogP contribution is 2.40. The van der Waals surface area contributed by atoms with Crippen molar-refractivity contribution in [1.29, 1.82) is 0 Å². The van der Waals surface area contributed by atoms with E-state index >= 15 is 0 Å². The molecule has 0 saturated heterocycles. The lowest BCUT2D eigenvalue weighted by Crippen LogP contribution is -2.04. The number of hydrogen-bond acceptors (Lipinski definition) is 6. The molecule has 0 heterocycles. The largest absolute Gasteiger partial charge is 0.506 e. The van der Waals surface area contributed by atoms with Crippen LogP contribution in [0, 0.1) is 13.8 Å². The van der Waals surface area contributed by atoms with Crippen molar-refractivity contribution in [3.8, 4) is 11.5 Å². The summed E-state index contributed by atoms with van der Waals surface area (Å²) in [6, 6.07) is 45.6. The van der Waals surface area contributed by atoms with Gasteiger partial charge in [-0.25, -0.2) is 0 Å². The lowest BCUT2D eigenvalue weighted by atomic mass is 9.84. The molecule has 2 N–H and O–H groups in total. The summed E-state index contributed by atoms with van der Waals surface area (Å²) in [5.41, 5.74) is 7.73. The minimum absolute atomic E-state index is 0.0326. The van der Waals surface area contributed by atoms with Crippen LogP contribution in [0.25, 0.3) is 21.5 Å². The second kappa shape index (κ2) is 12.7. The van der Waals surface area contributed by atoms with Crippen LogP contribution in [0.4, 0.5) is 22.7 Å². The predicted molar refractivity (Wildman–Crippen MR) is 189 cm³/mol. The van der Waals surface area contributed by atoms with Gasteiger partial charge in [-0.2, -0.15) is 10.2 Å². The molecule has 47 heavy (non-hydrogen) atoms. The quantitative estimate of drug-likeness (QED) is 0.138. The number of aryl methyl sites for hydroxylation is 2. The van der Waals surface area contributed by atoms with Crippen molar-refractivity contribution in [2.75, 3.05) is 0 Å². The molecule has 0 bridgehead atoms. The number of rotatable bonds is 7. The van der Waals surface area contributed by atoms with Gasteiger partial charge in [0.25, 0.3) is 0 Å². The molecule has 7 rings (SSSR count). The van der Waals surface area contributed by atoms with Crippen LogP contribution in [0.2, 0.25) is 0 Å². The van der Waals surface area contributed by atoms with E-state index in [2.05, 4.69) is 69.0 Å². The number of fused-ring (bicyclic) bond motifs is 2. The first-order chi connectivity index (χ1) is 23.0. The van der Waals surface area contributed by atoms with E-state index in [1.807, 2.05) is 92.7 Å². The first-order valence-electron chi connectivity index (χ1n) is 15.5. The van der Waals surface area contributed by atoms with Crippen LogP contribution in [0.3, 0.4) is 0 Å². The van der Waals surface area contributed by atoms with E-state index in [1.165, 1.54) is 0 Å². The second-order valence-electron chi connectivity index (χ2n) is 11.6. The zero-order chi connectivity index (χ0) is 32.3. The number of nitrogens with zero attached hydrogens (tertiary/aromatic N) is 4. The highest BCUT2D eigenvalue weighted by Gasteiger charge is 2.19. The van der Waals surface area contributed by atoms with Crippen LogP contribution in [-0.2, 0) is 0 Å². The van der Waals surface area contributed by atoms with Gasteiger partial charge in [-0.05, 0) is 76.7 Å². The van der Waals surface area contributed by atoms with Gasteiger partial charge in [0, 0.05) is 16.7 Å². The van der Waals surface area contributed by atoms with Gasteiger partial charge < -0.3 is 10.2 Å². The maximum atomic E-state index is 10.5. The zero-order valence-corrected chi connectivity index (χ0v) is 26.0. The number of azo groups is 2. The van der Waals surface area contributed by atoms with Crippen LogP contribution in [-0.4, -0.2) is 10.2 Å². The number of benzene rings is 7. The van der Waals surface area contributed by atoms with Crippen molar-refractivity contribution in [3.05, 3.63) is 167 Å². The number of phenolic OH excluding ortho intramolecular Hbond substituents is 2. The molecule has 0 aliphatic heterocycles. The Bertz CT molecular complexity index is 2170. The number of hydrogen-bond donors (Lipinski definition) is 2. The second-order valence-corrected chi connectivity index (χ2v) is 11.6. The van der Waals surface area contributed by atoms with E-state index in [4.69, 9.17) is 0 Å². The standard InChI is InChI=1S/C41H32N4O2/c1-26-24-31(16-20-35(26)42-44-40-33-14-8-6-10-28(33)18-22-37(40)46)39(30-12-4-3-5-13-30)32-17-21-36(27(2)25-32)43-45-41-34-15-9-7-11-29(34)19-23-38(41)47/h3-25,39,46-47H,1-2H3. The molecule has 0 unspecified atom stereocenters. The molecule has 0 radical (unpaired) electrons. The third-order valence-electron chi connectivity index (χ3n) is 8.52. The molecule has 0 aliphatic carbocycles.